The van der Waals surface area contributed by atoms with Gasteiger partial charge < -0.3 is 19.3 Å². The molecule has 0 saturated carbocycles. The van der Waals surface area contributed by atoms with Gasteiger partial charge in [-0.3, -0.25) is 14.8 Å². The molecule has 2 N–H and O–H groups in total. The van der Waals surface area contributed by atoms with Crippen LogP contribution < -0.4 is 10.2 Å². The van der Waals surface area contributed by atoms with E-state index in [2.05, 4.69) is 4.98 Å². The van der Waals surface area contributed by atoms with Gasteiger partial charge in [0.15, 0.2) is 23.9 Å². The van der Waals surface area contributed by atoms with Crippen LogP contribution in [0.3, 0.4) is 0 Å². The number of aliphatic hydroxyl groups is 1. The minimum Gasteiger partial charge on any atom is -0.456 e. The van der Waals surface area contributed by atoms with Crippen molar-refractivity contribution >= 4 is 5.97 Å². The molecule has 1 saturated heterocycles. The number of hydrogen-bond acceptors (Lipinski definition) is 7. The Morgan fingerprint density at radius 1 is 1.68 bits per heavy atom. The first-order valence-electron chi connectivity index (χ1n) is 5.84. The molecule has 0 aliphatic carbocycles. The van der Waals surface area contributed by atoms with E-state index in [4.69, 9.17) is 19.6 Å². The Morgan fingerprint density at radius 2 is 2.47 bits per heavy atom. The Balaban J connectivity index is 1.92. The molecule has 4 atom stereocenters. The van der Waals surface area contributed by atoms with Crippen molar-refractivity contribution in [2.24, 2.45) is 0 Å². The highest BCUT2D eigenvalue weighted by Crippen LogP contribution is 2.39. The second-order valence-electron chi connectivity index (χ2n) is 4.41. The van der Waals surface area contributed by atoms with Crippen LogP contribution in [0.25, 0.3) is 0 Å². The van der Waals surface area contributed by atoms with Crippen LogP contribution in [-0.2, 0) is 14.3 Å². The molecular weight excluding hydrogens is 254 g/mol. The molecule has 0 spiro atoms. The average molecular weight is 267 g/mol. The first-order chi connectivity index (χ1) is 9.10. The summed E-state index contributed by atoms with van der Waals surface area (Å²) >= 11 is 0. The molecular formula is C11H13N3O5. The van der Waals surface area contributed by atoms with Crippen molar-refractivity contribution in [3.63, 3.8) is 0 Å². The molecule has 8 nitrogen and oxygen atoms in total. The van der Waals surface area contributed by atoms with Crippen LogP contribution in [0.15, 0.2) is 12.3 Å². The lowest BCUT2D eigenvalue weighted by atomic mass is 10.1. The summed E-state index contributed by atoms with van der Waals surface area (Å²) in [5.41, 5.74) is 0.0777. The SMILES string of the molecule is CC(=O)O[C@H]1[C@H]2Oc3nc(=N)ccn3[C@@H]2O[C@@H]1CO. The lowest BCUT2D eigenvalue weighted by molar-refractivity contribution is -0.153. The van der Waals surface area contributed by atoms with E-state index in [1.165, 1.54) is 13.0 Å². The highest BCUT2D eigenvalue weighted by Gasteiger charge is 2.53. The fourth-order valence-electron chi connectivity index (χ4n) is 2.35. The highest BCUT2D eigenvalue weighted by molar-refractivity contribution is 5.66. The van der Waals surface area contributed by atoms with Gasteiger partial charge in [-0.2, -0.15) is 4.98 Å². The van der Waals surface area contributed by atoms with Crippen molar-refractivity contribution in [3.8, 4) is 6.01 Å². The van der Waals surface area contributed by atoms with Gasteiger partial charge >= 0.3 is 12.0 Å². The zero-order valence-electron chi connectivity index (χ0n) is 10.1. The normalized spacial score (nSPS) is 31.5. The molecule has 0 aromatic carbocycles. The van der Waals surface area contributed by atoms with Gasteiger partial charge in [-0.15, -0.1) is 0 Å². The predicted octanol–water partition coefficient (Wildman–Crippen LogP) is -1.06. The number of carbonyl (C=O) groups is 1. The summed E-state index contributed by atoms with van der Waals surface area (Å²) in [6, 6.07) is 1.75. The number of nitrogens with zero attached hydrogens (tertiary/aromatic N) is 2. The Hall–Kier alpha value is -1.93. The number of ether oxygens (including phenoxy) is 3. The zero-order valence-corrected chi connectivity index (χ0v) is 10.1. The summed E-state index contributed by atoms with van der Waals surface area (Å²) in [6.45, 7) is 1.02. The van der Waals surface area contributed by atoms with E-state index in [0.29, 0.717) is 0 Å². The van der Waals surface area contributed by atoms with Gasteiger partial charge in [0.05, 0.1) is 6.61 Å². The summed E-state index contributed by atoms with van der Waals surface area (Å²) < 4.78 is 18.0. The van der Waals surface area contributed by atoms with Crippen LogP contribution in [0.1, 0.15) is 13.2 Å². The minimum absolute atomic E-state index is 0.0777. The monoisotopic (exact) mass is 267 g/mol. The lowest BCUT2D eigenvalue weighted by Gasteiger charge is -2.19. The molecule has 3 rings (SSSR count). The molecule has 1 fully saturated rings. The van der Waals surface area contributed by atoms with E-state index in [0.717, 1.165) is 0 Å². The summed E-state index contributed by atoms with van der Waals surface area (Å²) in [5.74, 6) is -0.466. The molecule has 0 unspecified atom stereocenters. The number of rotatable bonds is 2. The van der Waals surface area contributed by atoms with E-state index in [9.17, 15) is 9.90 Å². The van der Waals surface area contributed by atoms with Crippen molar-refractivity contribution < 1.29 is 24.1 Å². The number of aliphatic hydroxyl groups excluding tert-OH is 1. The Bertz CT molecular complexity index is 572. The van der Waals surface area contributed by atoms with Crippen LogP contribution in [0.4, 0.5) is 0 Å². The number of carbonyl (C=O) groups excluding carboxylic acids is 1. The summed E-state index contributed by atoms with van der Waals surface area (Å²) in [6.07, 6.45) is -0.765. The fourth-order valence-corrected chi connectivity index (χ4v) is 2.35. The third-order valence-corrected chi connectivity index (χ3v) is 3.11. The molecule has 8 heteroatoms. The zero-order chi connectivity index (χ0) is 13.6. The molecule has 3 heterocycles. The van der Waals surface area contributed by atoms with Gasteiger partial charge in [-0.05, 0) is 6.07 Å². The number of aromatic nitrogens is 2. The van der Waals surface area contributed by atoms with Gasteiger partial charge in [-0.1, -0.05) is 0 Å². The third kappa shape index (κ3) is 1.89. The largest absolute Gasteiger partial charge is 0.456 e. The molecule has 0 bridgehead atoms. The van der Waals surface area contributed by atoms with E-state index < -0.39 is 30.5 Å². The molecule has 1 aromatic rings. The second kappa shape index (κ2) is 4.32. The van der Waals surface area contributed by atoms with E-state index in [1.807, 2.05) is 0 Å². The van der Waals surface area contributed by atoms with Crippen molar-refractivity contribution in [2.75, 3.05) is 6.61 Å². The number of esters is 1. The molecule has 0 amide bonds. The van der Waals surface area contributed by atoms with Crippen LogP contribution >= 0.6 is 0 Å². The molecule has 2 aliphatic heterocycles. The Morgan fingerprint density at radius 3 is 3.16 bits per heavy atom. The summed E-state index contributed by atoms with van der Waals surface area (Å²) in [7, 11) is 0. The van der Waals surface area contributed by atoms with Crippen molar-refractivity contribution in [1.82, 2.24) is 9.55 Å². The predicted molar refractivity (Wildman–Crippen MR) is 59.0 cm³/mol. The van der Waals surface area contributed by atoms with Crippen molar-refractivity contribution in [3.05, 3.63) is 17.8 Å². The molecule has 0 radical (unpaired) electrons. The maximum atomic E-state index is 11.1. The fraction of sp³-hybridized carbons (Fsp3) is 0.545. The molecule has 1 aromatic heterocycles. The Labute approximate surface area is 108 Å². The number of fused-ring (bicyclic) bond motifs is 3. The van der Waals surface area contributed by atoms with E-state index in [1.54, 1.807) is 10.8 Å². The quantitative estimate of drug-likeness (QED) is 0.662. The van der Waals surface area contributed by atoms with Gasteiger partial charge in [0, 0.05) is 13.1 Å². The maximum Gasteiger partial charge on any atom is 0.303 e. The molecule has 102 valence electrons. The first kappa shape index (κ1) is 12.1. The highest BCUT2D eigenvalue weighted by atomic mass is 16.7. The lowest BCUT2D eigenvalue weighted by Crippen LogP contribution is -2.38. The average Bonchev–Trinajstić information content (AvgIpc) is 2.85. The maximum absolute atomic E-state index is 11.1. The van der Waals surface area contributed by atoms with E-state index >= 15 is 0 Å². The summed E-state index contributed by atoms with van der Waals surface area (Å²) in [5, 5.41) is 16.7. The van der Waals surface area contributed by atoms with Gasteiger partial charge in [0.1, 0.15) is 6.10 Å². The Kier molecular flexibility index (Phi) is 2.76. The third-order valence-electron chi connectivity index (χ3n) is 3.11. The van der Waals surface area contributed by atoms with Gasteiger partial charge in [-0.25, -0.2) is 0 Å². The van der Waals surface area contributed by atoms with Crippen LogP contribution in [0.5, 0.6) is 6.01 Å². The number of nitrogens with one attached hydrogen (secondary N) is 1. The number of hydrogen-bond donors (Lipinski definition) is 2. The first-order valence-corrected chi connectivity index (χ1v) is 5.84. The summed E-state index contributed by atoms with van der Waals surface area (Å²) in [4.78, 5) is 15.0. The van der Waals surface area contributed by atoms with Crippen molar-refractivity contribution in [1.29, 1.82) is 5.41 Å². The standard InChI is InChI=1S/C11H13N3O5/c1-5(16)17-8-6(4-15)18-10-9(8)19-11-13-7(12)2-3-14(10)11/h2-3,6,8-10,12,15H,4H2,1H3/t6-,8-,9-,10-/m1/s1. The van der Waals surface area contributed by atoms with Crippen molar-refractivity contribution in [2.45, 2.75) is 31.5 Å². The topological polar surface area (TPSA) is 107 Å². The van der Waals surface area contributed by atoms with Crippen LogP contribution in [0.2, 0.25) is 0 Å². The second-order valence-corrected chi connectivity index (χ2v) is 4.41. The van der Waals surface area contributed by atoms with Gasteiger partial charge in [0.2, 0.25) is 0 Å². The van der Waals surface area contributed by atoms with Crippen LogP contribution in [-0.4, -0.2) is 45.5 Å². The minimum atomic E-state index is -0.691. The smallest absolute Gasteiger partial charge is 0.303 e. The van der Waals surface area contributed by atoms with Gasteiger partial charge in [0.25, 0.3) is 0 Å². The molecule has 19 heavy (non-hydrogen) atoms. The van der Waals surface area contributed by atoms with Crippen LogP contribution in [0, 0.1) is 5.41 Å². The molecule has 2 aliphatic rings. The van der Waals surface area contributed by atoms with E-state index in [-0.39, 0.29) is 18.1 Å².